The van der Waals surface area contributed by atoms with Crippen LogP contribution in [0.25, 0.3) is 0 Å². The highest BCUT2D eigenvalue weighted by atomic mass is 35.7. The van der Waals surface area contributed by atoms with Gasteiger partial charge < -0.3 is 5.32 Å². The van der Waals surface area contributed by atoms with Crippen molar-refractivity contribution in [3.8, 4) is 0 Å². The summed E-state index contributed by atoms with van der Waals surface area (Å²) in [7, 11) is 1.02. The molecular formula is C11H13ClN2O5S. The molecule has 0 aliphatic rings. The van der Waals surface area contributed by atoms with Gasteiger partial charge in [0, 0.05) is 28.4 Å². The van der Waals surface area contributed by atoms with E-state index in [0.29, 0.717) is 0 Å². The lowest BCUT2D eigenvalue weighted by molar-refractivity contribution is -0.385. The molecule has 0 unspecified atom stereocenters. The highest BCUT2D eigenvalue weighted by Gasteiger charge is 2.24. The van der Waals surface area contributed by atoms with E-state index in [2.05, 4.69) is 5.32 Å². The summed E-state index contributed by atoms with van der Waals surface area (Å²) in [5.74, 6) is -0.595. The Morgan fingerprint density at radius 2 is 1.95 bits per heavy atom. The van der Waals surface area contributed by atoms with E-state index in [1.807, 2.05) is 0 Å². The van der Waals surface area contributed by atoms with Crippen LogP contribution < -0.4 is 5.32 Å². The second-order valence-corrected chi connectivity index (χ2v) is 7.00. The zero-order valence-corrected chi connectivity index (χ0v) is 12.6. The summed E-state index contributed by atoms with van der Waals surface area (Å²) in [6.07, 6.45) is 0. The van der Waals surface area contributed by atoms with E-state index in [9.17, 15) is 23.3 Å². The molecule has 0 saturated heterocycles. The van der Waals surface area contributed by atoms with Crippen LogP contribution in [0.1, 0.15) is 29.8 Å². The molecule has 20 heavy (non-hydrogen) atoms. The number of hydrogen-bond donors (Lipinski definition) is 1. The summed E-state index contributed by atoms with van der Waals surface area (Å²) in [4.78, 5) is 21.7. The number of carbonyl (C=O) groups is 1. The van der Waals surface area contributed by atoms with Gasteiger partial charge in [-0.3, -0.25) is 14.9 Å². The van der Waals surface area contributed by atoms with Crippen LogP contribution >= 0.6 is 10.7 Å². The number of amides is 1. The number of benzene rings is 1. The van der Waals surface area contributed by atoms with Crippen molar-refractivity contribution >= 4 is 31.3 Å². The van der Waals surface area contributed by atoms with Gasteiger partial charge in [-0.2, -0.15) is 0 Å². The minimum Gasteiger partial charge on any atom is -0.350 e. The van der Waals surface area contributed by atoms with Gasteiger partial charge in [0.05, 0.1) is 15.4 Å². The van der Waals surface area contributed by atoms with Gasteiger partial charge in [0.1, 0.15) is 0 Å². The molecular weight excluding hydrogens is 308 g/mol. The number of nitro groups is 1. The van der Waals surface area contributed by atoms with E-state index in [-0.39, 0.29) is 17.2 Å². The van der Waals surface area contributed by atoms with Crippen LogP contribution in [0.5, 0.6) is 0 Å². The number of hydrogen-bond acceptors (Lipinski definition) is 5. The lowest BCUT2D eigenvalue weighted by atomic mass is 10.1. The smallest absolute Gasteiger partial charge is 0.274 e. The van der Waals surface area contributed by atoms with Crippen molar-refractivity contribution in [2.75, 3.05) is 0 Å². The summed E-state index contributed by atoms with van der Waals surface area (Å²) < 4.78 is 22.7. The molecule has 7 nitrogen and oxygen atoms in total. The fourth-order valence-corrected chi connectivity index (χ4v) is 2.36. The van der Waals surface area contributed by atoms with E-state index in [4.69, 9.17) is 10.7 Å². The standard InChI is InChI=1S/C11H13ClN2O5S/c1-6(2)13-11(15)9-4-8(20(12,18)19)5-10(7(9)3)14(16)17/h4-6H,1-3H3,(H,13,15). The minimum absolute atomic E-state index is 0.0808. The summed E-state index contributed by atoms with van der Waals surface area (Å²) >= 11 is 0. The number of nitrogens with one attached hydrogen (secondary N) is 1. The average Bonchev–Trinajstić information content (AvgIpc) is 2.25. The molecule has 0 heterocycles. The van der Waals surface area contributed by atoms with E-state index < -0.39 is 30.5 Å². The van der Waals surface area contributed by atoms with Gasteiger partial charge in [0.25, 0.3) is 20.6 Å². The molecule has 9 heteroatoms. The lowest BCUT2D eigenvalue weighted by Crippen LogP contribution is -2.30. The molecule has 110 valence electrons. The van der Waals surface area contributed by atoms with Gasteiger partial charge in [-0.05, 0) is 26.8 Å². The molecule has 0 aliphatic heterocycles. The predicted molar refractivity (Wildman–Crippen MR) is 73.5 cm³/mol. The highest BCUT2D eigenvalue weighted by Crippen LogP contribution is 2.28. The van der Waals surface area contributed by atoms with Crippen LogP contribution in [0.15, 0.2) is 17.0 Å². The van der Waals surface area contributed by atoms with Crippen LogP contribution in [-0.4, -0.2) is 25.3 Å². The van der Waals surface area contributed by atoms with Crippen LogP contribution in [0.2, 0.25) is 0 Å². The molecule has 0 aromatic heterocycles. The molecule has 0 radical (unpaired) electrons. The van der Waals surface area contributed by atoms with Crippen molar-refractivity contribution < 1.29 is 18.1 Å². The normalized spacial score (nSPS) is 11.4. The average molecular weight is 321 g/mol. The van der Waals surface area contributed by atoms with E-state index in [0.717, 1.165) is 12.1 Å². The highest BCUT2D eigenvalue weighted by molar-refractivity contribution is 8.13. The molecule has 1 rings (SSSR count). The quantitative estimate of drug-likeness (QED) is 0.518. The third-order valence-corrected chi connectivity index (χ3v) is 3.83. The molecule has 0 atom stereocenters. The van der Waals surface area contributed by atoms with Crippen LogP contribution in [0.4, 0.5) is 5.69 Å². The maximum absolute atomic E-state index is 12.0. The Labute approximate surface area is 120 Å². The summed E-state index contributed by atoms with van der Waals surface area (Å²) in [6.45, 7) is 4.80. The maximum Gasteiger partial charge on any atom is 0.274 e. The molecule has 0 spiro atoms. The van der Waals surface area contributed by atoms with Crippen molar-refractivity contribution in [3.05, 3.63) is 33.4 Å². The SMILES string of the molecule is Cc1c(C(=O)NC(C)C)cc(S(=O)(=O)Cl)cc1[N+](=O)[O-]. The van der Waals surface area contributed by atoms with E-state index in [1.165, 1.54) is 6.92 Å². The minimum atomic E-state index is -4.17. The van der Waals surface area contributed by atoms with Crippen molar-refractivity contribution in [3.63, 3.8) is 0 Å². The van der Waals surface area contributed by atoms with Gasteiger partial charge in [-0.25, -0.2) is 8.42 Å². The molecule has 0 fully saturated rings. The number of rotatable bonds is 4. The first-order chi connectivity index (χ1) is 9.04. The van der Waals surface area contributed by atoms with Gasteiger partial charge in [0.2, 0.25) is 0 Å². The fraction of sp³-hybridized carbons (Fsp3) is 0.364. The van der Waals surface area contributed by atoms with Crippen LogP contribution in [0.3, 0.4) is 0 Å². The molecule has 1 aromatic carbocycles. The third kappa shape index (κ3) is 3.67. The second-order valence-electron chi connectivity index (χ2n) is 4.44. The Morgan fingerprint density at radius 1 is 1.40 bits per heavy atom. The monoisotopic (exact) mass is 320 g/mol. The third-order valence-electron chi connectivity index (χ3n) is 2.50. The Hall–Kier alpha value is -1.67. The molecule has 1 aromatic rings. The first-order valence-corrected chi connectivity index (χ1v) is 7.89. The molecule has 0 bridgehead atoms. The van der Waals surface area contributed by atoms with Crippen LogP contribution in [0, 0.1) is 17.0 Å². The van der Waals surface area contributed by atoms with Crippen LogP contribution in [-0.2, 0) is 9.05 Å². The molecule has 1 amide bonds. The lowest BCUT2D eigenvalue weighted by Gasteiger charge is -2.11. The van der Waals surface area contributed by atoms with Gasteiger partial charge in [-0.15, -0.1) is 0 Å². The first-order valence-electron chi connectivity index (χ1n) is 5.58. The zero-order chi connectivity index (χ0) is 15.7. The van der Waals surface area contributed by atoms with Crippen molar-refractivity contribution in [2.45, 2.75) is 31.7 Å². The summed E-state index contributed by atoms with van der Waals surface area (Å²) in [6, 6.07) is 1.67. The topological polar surface area (TPSA) is 106 Å². The van der Waals surface area contributed by atoms with Crippen molar-refractivity contribution in [1.82, 2.24) is 5.32 Å². The second kappa shape index (κ2) is 5.76. The van der Waals surface area contributed by atoms with Crippen molar-refractivity contribution in [1.29, 1.82) is 0 Å². The molecule has 0 saturated carbocycles. The fourth-order valence-electron chi connectivity index (χ4n) is 1.58. The van der Waals surface area contributed by atoms with Crippen molar-refractivity contribution in [2.24, 2.45) is 0 Å². The predicted octanol–water partition coefficient (Wildman–Crippen LogP) is 1.97. The Bertz CT molecular complexity index is 670. The zero-order valence-electron chi connectivity index (χ0n) is 11.0. The number of nitro benzene ring substituents is 1. The maximum atomic E-state index is 12.0. The Morgan fingerprint density at radius 3 is 2.35 bits per heavy atom. The molecule has 0 aliphatic carbocycles. The summed E-state index contributed by atoms with van der Waals surface area (Å²) in [5.41, 5.74) is -0.482. The number of halogens is 1. The van der Waals surface area contributed by atoms with E-state index >= 15 is 0 Å². The Kier molecular flexibility index (Phi) is 4.72. The number of carbonyl (C=O) groups excluding carboxylic acids is 1. The van der Waals surface area contributed by atoms with Gasteiger partial charge >= 0.3 is 0 Å². The first kappa shape index (κ1) is 16.4. The van der Waals surface area contributed by atoms with Gasteiger partial charge in [-0.1, -0.05) is 0 Å². The van der Waals surface area contributed by atoms with E-state index in [1.54, 1.807) is 13.8 Å². The summed E-state index contributed by atoms with van der Waals surface area (Å²) in [5, 5.41) is 13.5. The van der Waals surface area contributed by atoms with Gasteiger partial charge in [0.15, 0.2) is 0 Å². The number of nitrogens with zero attached hydrogens (tertiary/aromatic N) is 1. The Balaban J connectivity index is 3.55. The largest absolute Gasteiger partial charge is 0.350 e. The molecule has 1 N–H and O–H groups in total.